The van der Waals surface area contributed by atoms with Crippen LogP contribution >= 0.6 is 0 Å². The first-order valence-corrected chi connectivity index (χ1v) is 7.42. The molecule has 108 valence electrons. The van der Waals surface area contributed by atoms with Gasteiger partial charge in [0.05, 0.1) is 0 Å². The van der Waals surface area contributed by atoms with E-state index in [1.54, 1.807) is 6.92 Å². The molecule has 0 aliphatic carbocycles. The van der Waals surface area contributed by atoms with E-state index in [2.05, 4.69) is 4.72 Å². The van der Waals surface area contributed by atoms with Gasteiger partial charge in [0.1, 0.15) is 10.7 Å². The molecule has 0 saturated heterocycles. The average molecular weight is 289 g/mol. The fourth-order valence-corrected chi connectivity index (χ4v) is 2.72. The number of nitrogens with one attached hydrogen (secondary N) is 1. The van der Waals surface area contributed by atoms with E-state index in [1.165, 1.54) is 0 Å². The average Bonchev–Trinajstić information content (AvgIpc) is 2.29. The van der Waals surface area contributed by atoms with Gasteiger partial charge in [0.25, 0.3) is 0 Å². The molecule has 0 spiro atoms. The van der Waals surface area contributed by atoms with Gasteiger partial charge in [-0.3, -0.25) is 0 Å². The fourth-order valence-electron chi connectivity index (χ4n) is 1.55. The molecular weight excluding hydrogens is 269 g/mol. The summed E-state index contributed by atoms with van der Waals surface area (Å²) in [5, 5.41) is 0. The summed E-state index contributed by atoms with van der Waals surface area (Å²) in [5.74, 6) is -0.785. The van der Waals surface area contributed by atoms with Gasteiger partial charge in [-0.2, -0.15) is 0 Å². The van der Waals surface area contributed by atoms with E-state index >= 15 is 0 Å². The number of halogens is 1. The molecule has 0 unspecified atom stereocenters. The number of hydrogen-bond acceptors (Lipinski definition) is 4. The van der Waals surface area contributed by atoms with E-state index < -0.39 is 20.7 Å². The minimum atomic E-state index is -3.85. The van der Waals surface area contributed by atoms with Crippen LogP contribution < -0.4 is 10.5 Å². The van der Waals surface area contributed by atoms with Crippen molar-refractivity contribution in [1.82, 2.24) is 9.62 Å². The predicted octanol–water partition coefficient (Wildman–Crippen LogP) is 0.946. The number of nitrogens with zero attached hydrogens (tertiary/aromatic N) is 1. The Morgan fingerprint density at radius 3 is 2.58 bits per heavy atom. The molecule has 0 radical (unpaired) electrons. The second-order valence-electron chi connectivity index (χ2n) is 4.69. The summed E-state index contributed by atoms with van der Waals surface area (Å²) in [6.45, 7) is 2.63. The van der Waals surface area contributed by atoms with E-state index in [4.69, 9.17) is 5.73 Å². The molecule has 5 nitrogen and oxygen atoms in total. The van der Waals surface area contributed by atoms with Crippen LogP contribution in [-0.2, 0) is 10.0 Å². The molecule has 7 heteroatoms. The molecule has 1 rings (SSSR count). The molecule has 0 aliphatic rings. The predicted molar refractivity (Wildman–Crippen MR) is 73.9 cm³/mol. The molecule has 0 saturated carbocycles. The van der Waals surface area contributed by atoms with Gasteiger partial charge in [0.15, 0.2) is 0 Å². The zero-order chi connectivity index (χ0) is 14.6. The van der Waals surface area contributed by atoms with Crippen LogP contribution in [0.25, 0.3) is 0 Å². The summed E-state index contributed by atoms with van der Waals surface area (Å²) in [7, 11) is -0.0564. The Bertz CT molecular complexity index is 544. The van der Waals surface area contributed by atoms with Crippen LogP contribution in [0.15, 0.2) is 17.0 Å². The van der Waals surface area contributed by atoms with Crippen molar-refractivity contribution in [3.05, 3.63) is 23.5 Å². The normalized spacial score (nSPS) is 12.1. The van der Waals surface area contributed by atoms with Gasteiger partial charge >= 0.3 is 0 Å². The van der Waals surface area contributed by atoms with E-state index in [0.29, 0.717) is 12.0 Å². The van der Waals surface area contributed by atoms with Crippen LogP contribution in [-0.4, -0.2) is 40.5 Å². The summed E-state index contributed by atoms with van der Waals surface area (Å²) in [6, 6.07) is 2.28. The first-order valence-electron chi connectivity index (χ1n) is 5.94. The maximum Gasteiger partial charge on any atom is 0.243 e. The summed E-state index contributed by atoms with van der Waals surface area (Å²) in [5.41, 5.74) is 6.39. The smallest absolute Gasteiger partial charge is 0.243 e. The lowest BCUT2D eigenvalue weighted by molar-refractivity contribution is 0.400. The van der Waals surface area contributed by atoms with Gasteiger partial charge in [0.2, 0.25) is 10.0 Å². The van der Waals surface area contributed by atoms with Crippen LogP contribution in [0.1, 0.15) is 12.0 Å². The van der Waals surface area contributed by atoms with Crippen LogP contribution in [0.4, 0.5) is 10.1 Å². The topological polar surface area (TPSA) is 75.4 Å². The van der Waals surface area contributed by atoms with E-state index in [0.717, 1.165) is 18.7 Å². The Morgan fingerprint density at radius 2 is 2.00 bits per heavy atom. The maximum atomic E-state index is 13.7. The number of aryl methyl sites for hydroxylation is 1. The maximum absolute atomic E-state index is 13.7. The molecule has 19 heavy (non-hydrogen) atoms. The van der Waals surface area contributed by atoms with Crippen LogP contribution in [0.5, 0.6) is 0 Å². The summed E-state index contributed by atoms with van der Waals surface area (Å²) in [4.78, 5) is 1.54. The summed E-state index contributed by atoms with van der Waals surface area (Å²) in [6.07, 6.45) is 0.648. The van der Waals surface area contributed by atoms with E-state index in [-0.39, 0.29) is 12.2 Å². The monoisotopic (exact) mass is 289 g/mol. The number of sulfonamides is 1. The Morgan fingerprint density at radius 1 is 1.37 bits per heavy atom. The summed E-state index contributed by atoms with van der Waals surface area (Å²) >= 11 is 0. The number of rotatable bonds is 6. The largest absolute Gasteiger partial charge is 0.398 e. The van der Waals surface area contributed by atoms with Gasteiger partial charge in [-0.05, 0) is 51.7 Å². The van der Waals surface area contributed by atoms with Crippen molar-refractivity contribution >= 4 is 15.7 Å². The molecule has 0 aliphatic heterocycles. The van der Waals surface area contributed by atoms with Crippen molar-refractivity contribution in [2.24, 2.45) is 0 Å². The molecule has 1 aromatic rings. The Kier molecular flexibility index (Phi) is 5.28. The van der Waals surface area contributed by atoms with Crippen molar-refractivity contribution < 1.29 is 12.8 Å². The Labute approximate surface area is 113 Å². The van der Waals surface area contributed by atoms with Crippen molar-refractivity contribution in [1.29, 1.82) is 0 Å². The first kappa shape index (κ1) is 15.9. The molecular formula is C12H20FN3O2S. The lowest BCUT2D eigenvalue weighted by Gasteiger charge is -2.11. The van der Waals surface area contributed by atoms with Crippen LogP contribution in [0.2, 0.25) is 0 Å². The van der Waals surface area contributed by atoms with Crippen molar-refractivity contribution in [2.45, 2.75) is 18.2 Å². The van der Waals surface area contributed by atoms with E-state index in [9.17, 15) is 12.8 Å². The second-order valence-corrected chi connectivity index (χ2v) is 6.43. The molecule has 3 N–H and O–H groups in total. The molecule has 0 amide bonds. The van der Waals surface area contributed by atoms with Crippen molar-refractivity contribution in [3.8, 4) is 0 Å². The molecule has 0 atom stereocenters. The number of nitrogens with two attached hydrogens (primary N) is 1. The number of benzene rings is 1. The number of nitrogen functional groups attached to an aromatic ring is 1. The lowest BCUT2D eigenvalue weighted by Crippen LogP contribution is -2.28. The second kappa shape index (κ2) is 6.31. The van der Waals surface area contributed by atoms with Gasteiger partial charge in [-0.1, -0.05) is 0 Å². The zero-order valence-electron chi connectivity index (χ0n) is 11.4. The molecule has 0 bridgehead atoms. The summed E-state index contributed by atoms with van der Waals surface area (Å²) < 4.78 is 39.9. The minimum absolute atomic E-state index is 0.258. The van der Waals surface area contributed by atoms with Crippen LogP contribution in [0, 0.1) is 12.7 Å². The third-order valence-electron chi connectivity index (χ3n) is 2.68. The molecule has 1 aromatic carbocycles. The third-order valence-corrected chi connectivity index (χ3v) is 4.16. The molecule has 0 heterocycles. The fraction of sp³-hybridized carbons (Fsp3) is 0.500. The van der Waals surface area contributed by atoms with Crippen LogP contribution in [0.3, 0.4) is 0 Å². The third kappa shape index (κ3) is 4.45. The minimum Gasteiger partial charge on any atom is -0.398 e. The van der Waals surface area contributed by atoms with E-state index in [1.807, 2.05) is 19.0 Å². The highest BCUT2D eigenvalue weighted by Gasteiger charge is 2.19. The standard InChI is InChI=1S/C12H20FN3O2S/c1-9-7-10(13)12(8-11(9)14)19(17,18)15-5-4-6-16(2)3/h7-8,15H,4-6,14H2,1-3H3. The highest BCUT2D eigenvalue weighted by Crippen LogP contribution is 2.21. The SMILES string of the molecule is Cc1cc(F)c(S(=O)(=O)NCCCN(C)C)cc1N. The zero-order valence-corrected chi connectivity index (χ0v) is 12.2. The van der Waals surface area contributed by atoms with Gasteiger partial charge in [-0.25, -0.2) is 17.5 Å². The van der Waals surface area contributed by atoms with Gasteiger partial charge in [0, 0.05) is 12.2 Å². The molecule has 0 fully saturated rings. The van der Waals surface area contributed by atoms with Crippen molar-refractivity contribution in [2.75, 3.05) is 32.9 Å². The van der Waals surface area contributed by atoms with Gasteiger partial charge < -0.3 is 10.6 Å². The quantitative estimate of drug-likeness (QED) is 0.604. The highest BCUT2D eigenvalue weighted by atomic mass is 32.2. The van der Waals surface area contributed by atoms with Gasteiger partial charge in [-0.15, -0.1) is 0 Å². The Balaban J connectivity index is 2.80. The number of anilines is 1. The first-order chi connectivity index (χ1) is 8.74. The number of hydrogen-bond donors (Lipinski definition) is 2. The van der Waals surface area contributed by atoms with Crippen molar-refractivity contribution in [3.63, 3.8) is 0 Å². The highest BCUT2D eigenvalue weighted by molar-refractivity contribution is 7.89. The Hall–Kier alpha value is -1.18. The lowest BCUT2D eigenvalue weighted by atomic mass is 10.2. The molecule has 0 aromatic heterocycles.